The molecule has 0 aliphatic heterocycles. The van der Waals surface area contributed by atoms with Gasteiger partial charge < -0.3 is 5.73 Å². The third-order valence-electron chi connectivity index (χ3n) is 3.63. The second-order valence-electron chi connectivity index (χ2n) is 4.83. The van der Waals surface area contributed by atoms with E-state index in [9.17, 15) is 0 Å². The Kier molecular flexibility index (Phi) is 4.71. The van der Waals surface area contributed by atoms with Crippen LogP contribution >= 0.6 is 27.7 Å². The van der Waals surface area contributed by atoms with E-state index in [1.165, 1.54) is 4.90 Å². The Morgan fingerprint density at radius 2 is 2.17 bits per heavy atom. The maximum atomic E-state index is 9.16. The Bertz CT molecular complexity index is 440. The summed E-state index contributed by atoms with van der Waals surface area (Å²) in [7, 11) is 0. The maximum absolute atomic E-state index is 9.16. The monoisotopic (exact) mass is 324 g/mol. The third kappa shape index (κ3) is 3.28. The van der Waals surface area contributed by atoms with Crippen LogP contribution in [-0.2, 0) is 0 Å². The lowest BCUT2D eigenvalue weighted by atomic mass is 9.88. The fourth-order valence-electron chi connectivity index (χ4n) is 2.50. The predicted octanol–water partition coefficient (Wildman–Crippen LogP) is 3.95. The molecular weight excluding hydrogens is 308 g/mol. The molecule has 0 radical (unpaired) electrons. The lowest BCUT2D eigenvalue weighted by molar-refractivity contribution is 0.389. The van der Waals surface area contributed by atoms with E-state index in [0.29, 0.717) is 5.92 Å². The number of hydrogen-bond acceptors (Lipinski definition) is 3. The van der Waals surface area contributed by atoms with E-state index in [4.69, 9.17) is 11.0 Å². The zero-order chi connectivity index (χ0) is 13.0. The smallest absolute Gasteiger partial charge is 0.107 e. The van der Waals surface area contributed by atoms with Crippen molar-refractivity contribution in [3.8, 4) is 6.07 Å². The third-order valence-corrected chi connectivity index (χ3v) is 5.20. The van der Waals surface area contributed by atoms with Gasteiger partial charge >= 0.3 is 0 Å². The van der Waals surface area contributed by atoms with Gasteiger partial charge in [0, 0.05) is 9.37 Å². The second-order valence-corrected chi connectivity index (χ2v) is 6.92. The fourth-order valence-corrected chi connectivity index (χ4v) is 3.73. The molecule has 1 aliphatic carbocycles. The maximum Gasteiger partial charge on any atom is 0.107 e. The van der Waals surface area contributed by atoms with Gasteiger partial charge in [0.15, 0.2) is 0 Å². The van der Waals surface area contributed by atoms with E-state index in [2.05, 4.69) is 46.3 Å². The number of hydrogen-bond donors (Lipinski definition) is 1. The zero-order valence-electron chi connectivity index (χ0n) is 10.2. The van der Waals surface area contributed by atoms with Gasteiger partial charge in [0.1, 0.15) is 5.54 Å². The summed E-state index contributed by atoms with van der Waals surface area (Å²) in [4.78, 5) is 1.27. The number of halogens is 1. The van der Waals surface area contributed by atoms with Crippen molar-refractivity contribution in [1.82, 2.24) is 0 Å². The van der Waals surface area contributed by atoms with Gasteiger partial charge in [0.05, 0.1) is 6.07 Å². The summed E-state index contributed by atoms with van der Waals surface area (Å²) in [6.07, 6.45) is 4.09. The second kappa shape index (κ2) is 6.10. The average molecular weight is 325 g/mol. The average Bonchev–Trinajstić information content (AvgIpc) is 2.74. The molecule has 0 amide bonds. The van der Waals surface area contributed by atoms with Crippen LogP contribution in [-0.4, -0.2) is 11.3 Å². The fraction of sp³-hybridized carbons (Fsp3) is 0.500. The van der Waals surface area contributed by atoms with Gasteiger partial charge in [-0.05, 0) is 55.2 Å². The summed E-state index contributed by atoms with van der Waals surface area (Å²) in [5.74, 6) is 1.40. The van der Waals surface area contributed by atoms with Crippen LogP contribution < -0.4 is 5.73 Å². The molecule has 2 N–H and O–H groups in total. The van der Waals surface area contributed by atoms with Crippen molar-refractivity contribution in [1.29, 1.82) is 5.26 Å². The summed E-state index contributed by atoms with van der Waals surface area (Å²) in [5.41, 5.74) is 5.56. The Morgan fingerprint density at radius 1 is 1.44 bits per heavy atom. The molecule has 0 saturated heterocycles. The first-order valence-corrected chi connectivity index (χ1v) is 8.00. The molecule has 2 atom stereocenters. The van der Waals surface area contributed by atoms with Crippen LogP contribution in [0.3, 0.4) is 0 Å². The molecule has 1 aromatic rings. The highest BCUT2D eigenvalue weighted by atomic mass is 79.9. The molecule has 0 heterocycles. The van der Waals surface area contributed by atoms with Gasteiger partial charge in [-0.2, -0.15) is 5.26 Å². The topological polar surface area (TPSA) is 49.8 Å². The molecule has 1 aromatic carbocycles. The van der Waals surface area contributed by atoms with E-state index in [1.54, 1.807) is 0 Å². The van der Waals surface area contributed by atoms with Gasteiger partial charge in [-0.3, -0.25) is 0 Å². The van der Waals surface area contributed by atoms with Crippen LogP contribution in [0.25, 0.3) is 0 Å². The molecule has 4 heteroatoms. The van der Waals surface area contributed by atoms with Crippen LogP contribution in [0.4, 0.5) is 0 Å². The van der Waals surface area contributed by atoms with Crippen LogP contribution in [0.2, 0.25) is 0 Å². The lowest BCUT2D eigenvalue weighted by Gasteiger charge is -2.23. The highest BCUT2D eigenvalue weighted by molar-refractivity contribution is 9.10. The molecule has 2 unspecified atom stereocenters. The summed E-state index contributed by atoms with van der Waals surface area (Å²) < 4.78 is 1.10. The van der Waals surface area contributed by atoms with Gasteiger partial charge in [-0.1, -0.05) is 22.4 Å². The molecule has 2 rings (SSSR count). The van der Waals surface area contributed by atoms with E-state index in [1.807, 2.05) is 11.8 Å². The Labute approximate surface area is 121 Å². The predicted molar refractivity (Wildman–Crippen MR) is 79.4 cm³/mol. The number of nitriles is 1. The normalized spacial score (nSPS) is 27.1. The van der Waals surface area contributed by atoms with E-state index < -0.39 is 5.54 Å². The first-order valence-electron chi connectivity index (χ1n) is 6.22. The number of nitrogens with zero attached hydrogens (tertiary/aromatic N) is 1. The number of rotatable bonds is 4. The van der Waals surface area contributed by atoms with Crippen molar-refractivity contribution < 1.29 is 0 Å². The number of benzene rings is 1. The molecule has 0 aromatic heterocycles. The standard InChI is InChI=1S/C14H17BrN2S/c15-12-3-5-13(6-4-12)18-9-7-11-2-1-8-14(11,17)10-16/h3-6,11H,1-2,7-9,17H2. The van der Waals surface area contributed by atoms with Gasteiger partial charge in [0.25, 0.3) is 0 Å². The zero-order valence-corrected chi connectivity index (χ0v) is 12.6. The van der Waals surface area contributed by atoms with Crippen molar-refractivity contribution >= 4 is 27.7 Å². The van der Waals surface area contributed by atoms with E-state index in [0.717, 1.165) is 35.9 Å². The highest BCUT2D eigenvalue weighted by Gasteiger charge is 2.39. The van der Waals surface area contributed by atoms with Crippen molar-refractivity contribution in [3.05, 3.63) is 28.7 Å². The molecule has 0 bridgehead atoms. The van der Waals surface area contributed by atoms with Crippen LogP contribution in [0, 0.1) is 17.2 Å². The van der Waals surface area contributed by atoms with Crippen LogP contribution in [0.1, 0.15) is 25.7 Å². The molecule has 1 fully saturated rings. The Morgan fingerprint density at radius 3 is 2.83 bits per heavy atom. The summed E-state index contributed by atoms with van der Waals surface area (Å²) in [5, 5.41) is 9.16. The molecule has 18 heavy (non-hydrogen) atoms. The first-order chi connectivity index (χ1) is 8.64. The van der Waals surface area contributed by atoms with Crippen molar-refractivity contribution in [2.24, 2.45) is 11.7 Å². The molecular formula is C14H17BrN2S. The highest BCUT2D eigenvalue weighted by Crippen LogP contribution is 2.37. The quantitative estimate of drug-likeness (QED) is 0.853. The van der Waals surface area contributed by atoms with Crippen LogP contribution in [0.15, 0.2) is 33.6 Å². The molecule has 2 nitrogen and oxygen atoms in total. The minimum absolute atomic E-state index is 0.366. The SMILES string of the molecule is N#CC1(N)CCCC1CCSc1ccc(Br)cc1. The summed E-state index contributed by atoms with van der Waals surface area (Å²) in [6.45, 7) is 0. The summed E-state index contributed by atoms with van der Waals surface area (Å²) in [6, 6.07) is 10.6. The van der Waals surface area contributed by atoms with E-state index >= 15 is 0 Å². The van der Waals surface area contributed by atoms with Crippen molar-refractivity contribution in [2.75, 3.05) is 5.75 Å². The number of thioether (sulfide) groups is 1. The molecule has 1 aliphatic rings. The van der Waals surface area contributed by atoms with Gasteiger partial charge in [-0.25, -0.2) is 0 Å². The van der Waals surface area contributed by atoms with E-state index in [-0.39, 0.29) is 0 Å². The minimum atomic E-state index is -0.569. The largest absolute Gasteiger partial charge is 0.313 e. The number of nitrogens with two attached hydrogens (primary N) is 1. The Balaban J connectivity index is 1.82. The van der Waals surface area contributed by atoms with Crippen LogP contribution in [0.5, 0.6) is 0 Å². The molecule has 0 spiro atoms. The van der Waals surface area contributed by atoms with Gasteiger partial charge in [0.2, 0.25) is 0 Å². The van der Waals surface area contributed by atoms with Gasteiger partial charge in [-0.15, -0.1) is 11.8 Å². The molecule has 96 valence electrons. The van der Waals surface area contributed by atoms with Crippen molar-refractivity contribution in [3.63, 3.8) is 0 Å². The summed E-state index contributed by atoms with van der Waals surface area (Å²) >= 11 is 5.27. The lowest BCUT2D eigenvalue weighted by Crippen LogP contribution is -2.41. The first kappa shape index (κ1) is 13.9. The minimum Gasteiger partial charge on any atom is -0.313 e. The Hall–Kier alpha value is -0.500. The molecule has 1 saturated carbocycles. The van der Waals surface area contributed by atoms with Crippen molar-refractivity contribution in [2.45, 2.75) is 36.1 Å².